The number of hydrogen-bond donors (Lipinski definition) is 2. The van der Waals surface area contributed by atoms with Gasteiger partial charge < -0.3 is 38.0 Å². The molecule has 3 aromatic carbocycles. The normalized spacial score (nSPS) is 11.5. The van der Waals surface area contributed by atoms with Crippen LogP contribution in [-0.4, -0.2) is 50.2 Å². The van der Waals surface area contributed by atoms with Gasteiger partial charge in [-0.1, -0.05) is 30.4 Å². The summed E-state index contributed by atoms with van der Waals surface area (Å²) in [6.45, 7) is 0. The van der Waals surface area contributed by atoms with Crippen molar-refractivity contribution in [3.05, 3.63) is 83.3 Å². The predicted octanol–water partition coefficient (Wildman–Crippen LogP) is 6.42. The van der Waals surface area contributed by atoms with Crippen LogP contribution in [0.15, 0.2) is 69.9 Å². The molecular weight excluding hydrogens is 544 g/mol. The maximum Gasteiger partial charge on any atom is 0.205 e. The predicted molar refractivity (Wildman–Crippen MR) is 155 cm³/mol. The topological polar surface area (TPSA) is 138 Å². The zero-order chi connectivity index (χ0) is 30.0. The van der Waals surface area contributed by atoms with Gasteiger partial charge in [0.1, 0.15) is 22.6 Å². The van der Waals surface area contributed by atoms with Crippen molar-refractivity contribution in [2.75, 3.05) is 28.4 Å². The minimum absolute atomic E-state index is 0.0246. The van der Waals surface area contributed by atoms with Crippen molar-refractivity contribution in [2.45, 2.75) is 0 Å². The Bertz CT molecular complexity index is 1750. The summed E-state index contributed by atoms with van der Waals surface area (Å²) in [5.74, 6) is -1.47. The third kappa shape index (κ3) is 4.68. The van der Waals surface area contributed by atoms with E-state index in [1.165, 1.54) is 53.1 Å². The Morgan fingerprint density at radius 2 is 1.05 bits per heavy atom. The number of benzene rings is 3. The number of hydrogen-bond acceptors (Lipinski definition) is 10. The average Bonchev–Trinajstić information content (AvgIpc) is 3.68. The molecule has 5 rings (SSSR count). The second-order valence-electron chi connectivity index (χ2n) is 8.97. The molecular formula is C32H26O10. The van der Waals surface area contributed by atoms with Crippen LogP contribution in [-0.2, 0) is 0 Å². The van der Waals surface area contributed by atoms with Crippen LogP contribution in [0.3, 0.4) is 0 Å². The summed E-state index contributed by atoms with van der Waals surface area (Å²) < 4.78 is 32.2. The molecule has 0 fully saturated rings. The van der Waals surface area contributed by atoms with Crippen LogP contribution >= 0.6 is 0 Å². The monoisotopic (exact) mass is 570 g/mol. The van der Waals surface area contributed by atoms with E-state index < -0.39 is 23.1 Å². The molecule has 0 unspecified atom stereocenters. The lowest BCUT2D eigenvalue weighted by molar-refractivity contribution is 0.103. The van der Waals surface area contributed by atoms with E-state index in [1.807, 2.05) is 0 Å². The molecule has 5 aromatic rings. The van der Waals surface area contributed by atoms with Gasteiger partial charge in [0.15, 0.2) is 34.2 Å². The highest BCUT2D eigenvalue weighted by molar-refractivity contribution is 6.16. The maximum absolute atomic E-state index is 13.2. The summed E-state index contributed by atoms with van der Waals surface area (Å²) in [5.41, 5.74) is 1.68. The standard InChI is InChI=1S/C32H26O10/c1-37-27-19-12-14-41-29(19)31(39-3)25(35)23(27)21(33)10-8-17-6-5-7-18(16-17)9-11-22(34)24-26(36)32(40-4)30-20(13-15-42-30)28(24)38-2/h5-16,35-36H,1-4H3/b10-8+,11-9+. The summed E-state index contributed by atoms with van der Waals surface area (Å²) in [6, 6.07) is 10.3. The molecule has 0 radical (unpaired) electrons. The van der Waals surface area contributed by atoms with E-state index in [2.05, 4.69) is 0 Å². The lowest BCUT2D eigenvalue weighted by Crippen LogP contribution is -2.02. The number of aromatic hydroxyl groups is 2. The lowest BCUT2D eigenvalue weighted by Gasteiger charge is -2.13. The van der Waals surface area contributed by atoms with Crippen molar-refractivity contribution in [3.63, 3.8) is 0 Å². The van der Waals surface area contributed by atoms with Gasteiger partial charge in [0.05, 0.1) is 51.7 Å². The molecule has 0 aliphatic heterocycles. The number of fused-ring (bicyclic) bond motifs is 2. The molecule has 10 heteroatoms. The van der Waals surface area contributed by atoms with Crippen LogP contribution in [0.5, 0.6) is 34.5 Å². The Kier molecular flexibility index (Phi) is 7.61. The second-order valence-corrected chi connectivity index (χ2v) is 8.97. The first-order valence-corrected chi connectivity index (χ1v) is 12.6. The van der Waals surface area contributed by atoms with Gasteiger partial charge in [0.25, 0.3) is 0 Å². The molecule has 0 amide bonds. The smallest absolute Gasteiger partial charge is 0.205 e. The molecule has 214 valence electrons. The molecule has 42 heavy (non-hydrogen) atoms. The highest BCUT2D eigenvalue weighted by atomic mass is 16.5. The Morgan fingerprint density at radius 1 is 0.643 bits per heavy atom. The number of furan rings is 2. The Labute approximate surface area is 239 Å². The zero-order valence-electron chi connectivity index (χ0n) is 23.1. The van der Waals surface area contributed by atoms with Gasteiger partial charge in [0, 0.05) is 0 Å². The molecule has 0 aliphatic carbocycles. The molecule has 10 nitrogen and oxygen atoms in total. The molecule has 0 bridgehead atoms. The molecule has 0 aliphatic rings. The third-order valence-corrected chi connectivity index (χ3v) is 6.66. The minimum atomic E-state index is -0.520. The fourth-order valence-electron chi connectivity index (χ4n) is 4.79. The zero-order valence-corrected chi connectivity index (χ0v) is 23.1. The minimum Gasteiger partial charge on any atom is -0.504 e. The van der Waals surface area contributed by atoms with Gasteiger partial charge in [-0.05, 0) is 41.5 Å². The number of carbonyl (C=O) groups excluding carboxylic acids is 2. The van der Waals surface area contributed by atoms with Crippen LogP contribution in [0, 0.1) is 0 Å². The number of methoxy groups -OCH3 is 4. The molecule has 2 N–H and O–H groups in total. The third-order valence-electron chi connectivity index (χ3n) is 6.66. The Hall–Kier alpha value is -5.64. The van der Waals surface area contributed by atoms with E-state index in [4.69, 9.17) is 27.8 Å². The SMILES string of the molecule is COc1c(C(=O)/C=C/c2cccc(/C=C/C(=O)c3c(O)c(OC)c4occc4c3OC)c2)c(O)c(OC)c2occc12. The van der Waals surface area contributed by atoms with Gasteiger partial charge in [0.2, 0.25) is 11.5 Å². The van der Waals surface area contributed by atoms with E-state index in [1.54, 1.807) is 48.6 Å². The van der Waals surface area contributed by atoms with Crippen LogP contribution in [0.4, 0.5) is 0 Å². The van der Waals surface area contributed by atoms with E-state index >= 15 is 0 Å². The lowest BCUT2D eigenvalue weighted by atomic mass is 10.0. The molecule has 0 saturated heterocycles. The Balaban J connectivity index is 1.43. The van der Waals surface area contributed by atoms with Gasteiger partial charge in [-0.2, -0.15) is 0 Å². The largest absolute Gasteiger partial charge is 0.504 e. The van der Waals surface area contributed by atoms with Gasteiger partial charge in [-0.25, -0.2) is 0 Å². The van der Waals surface area contributed by atoms with Crippen molar-refractivity contribution < 1.29 is 47.6 Å². The highest BCUT2D eigenvalue weighted by Crippen LogP contribution is 2.47. The first kappa shape index (κ1) is 27.9. The van der Waals surface area contributed by atoms with Crippen LogP contribution in [0.1, 0.15) is 31.8 Å². The van der Waals surface area contributed by atoms with Crippen molar-refractivity contribution in [2.24, 2.45) is 0 Å². The Morgan fingerprint density at radius 3 is 1.43 bits per heavy atom. The van der Waals surface area contributed by atoms with E-state index in [-0.39, 0.29) is 45.3 Å². The van der Waals surface area contributed by atoms with Crippen LogP contribution < -0.4 is 18.9 Å². The van der Waals surface area contributed by atoms with Gasteiger partial charge >= 0.3 is 0 Å². The first-order chi connectivity index (χ1) is 20.3. The number of carbonyl (C=O) groups is 2. The summed E-state index contributed by atoms with van der Waals surface area (Å²) >= 11 is 0. The molecule has 0 atom stereocenters. The van der Waals surface area contributed by atoms with Crippen molar-refractivity contribution >= 4 is 45.7 Å². The highest BCUT2D eigenvalue weighted by Gasteiger charge is 2.27. The fraction of sp³-hybridized carbons (Fsp3) is 0.125. The van der Waals surface area contributed by atoms with Gasteiger partial charge in [-0.15, -0.1) is 0 Å². The van der Waals surface area contributed by atoms with E-state index in [0.29, 0.717) is 21.9 Å². The van der Waals surface area contributed by atoms with Crippen molar-refractivity contribution in [1.82, 2.24) is 0 Å². The fourth-order valence-corrected chi connectivity index (χ4v) is 4.79. The number of phenols is 2. The molecule has 0 saturated carbocycles. The first-order valence-electron chi connectivity index (χ1n) is 12.6. The quantitative estimate of drug-likeness (QED) is 0.143. The van der Waals surface area contributed by atoms with Crippen molar-refractivity contribution in [3.8, 4) is 34.5 Å². The average molecular weight is 571 g/mol. The van der Waals surface area contributed by atoms with Crippen LogP contribution in [0.2, 0.25) is 0 Å². The second kappa shape index (κ2) is 11.5. The number of ketones is 2. The molecule has 2 aromatic heterocycles. The number of rotatable bonds is 10. The summed E-state index contributed by atoms with van der Waals surface area (Å²) in [7, 11) is 5.51. The summed E-state index contributed by atoms with van der Waals surface area (Å²) in [6.07, 6.45) is 8.55. The number of allylic oxidation sites excluding steroid dienone is 2. The van der Waals surface area contributed by atoms with E-state index in [9.17, 15) is 19.8 Å². The van der Waals surface area contributed by atoms with Crippen molar-refractivity contribution in [1.29, 1.82) is 0 Å². The molecule has 0 spiro atoms. The summed E-state index contributed by atoms with van der Waals surface area (Å²) in [4.78, 5) is 26.4. The number of phenolic OH excluding ortho intramolecular Hbond substituents is 2. The summed E-state index contributed by atoms with van der Waals surface area (Å²) in [5, 5.41) is 22.5. The number of ether oxygens (including phenoxy) is 4. The van der Waals surface area contributed by atoms with Gasteiger partial charge in [-0.3, -0.25) is 9.59 Å². The van der Waals surface area contributed by atoms with Crippen LogP contribution in [0.25, 0.3) is 34.1 Å². The maximum atomic E-state index is 13.2. The molecule has 2 heterocycles. The van der Waals surface area contributed by atoms with E-state index in [0.717, 1.165) is 0 Å².